The number of benzene rings is 2. The number of hydrogen-bond donors (Lipinski definition) is 0. The average Bonchev–Trinajstić information content (AvgIpc) is 2.93. The first-order valence-corrected chi connectivity index (χ1v) is 18.1. The van der Waals surface area contributed by atoms with Crippen LogP contribution in [0, 0.1) is 11.6 Å². The molecule has 2 atom stereocenters. The monoisotopic (exact) mass is 842 g/mol. The first-order chi connectivity index (χ1) is 22.9. The van der Waals surface area contributed by atoms with Gasteiger partial charge >= 0.3 is 23.4 Å². The van der Waals surface area contributed by atoms with Gasteiger partial charge in [0.15, 0.2) is 23.1 Å². The van der Waals surface area contributed by atoms with Crippen molar-refractivity contribution < 1.29 is 75.5 Å². The molecule has 50 heavy (non-hydrogen) atoms. The third-order valence-electron chi connectivity index (χ3n) is 6.35. The van der Waals surface area contributed by atoms with E-state index in [9.17, 15) is 66.0 Å². The third kappa shape index (κ3) is 14.9. The Morgan fingerprint density at radius 1 is 0.580 bits per heavy atom. The standard InChI is InChI=1S/C28H26Cl2F14O3S3/c29-17-13-19(31)21(46-7-3-1-5-9-48-27(39,40)41)11-15(17)23(25(33,34)35)50(45)24(26(36,37)38)16-12-22(20(32)14-18(16)30)47-8-4-2-6-10-49-28(42,43)44/h11-14,23-24H,1-10H2. The molecule has 0 saturated heterocycles. The van der Waals surface area contributed by atoms with Crippen LogP contribution in [0.3, 0.4) is 0 Å². The molecule has 0 bridgehead atoms. The van der Waals surface area contributed by atoms with Gasteiger partial charge in [0.25, 0.3) is 0 Å². The lowest BCUT2D eigenvalue weighted by atomic mass is 10.1. The van der Waals surface area contributed by atoms with E-state index in [1.807, 2.05) is 0 Å². The van der Waals surface area contributed by atoms with Gasteiger partial charge < -0.3 is 14.0 Å². The second kappa shape index (κ2) is 19.1. The summed E-state index contributed by atoms with van der Waals surface area (Å²) in [6.45, 7) is -0.833. The highest BCUT2D eigenvalue weighted by molar-refractivity contribution is 8.00. The highest BCUT2D eigenvalue weighted by Gasteiger charge is 2.60. The van der Waals surface area contributed by atoms with Crippen molar-refractivity contribution in [3.05, 3.63) is 57.1 Å². The number of halogens is 16. The number of rotatable bonds is 18. The molecule has 0 radical (unpaired) electrons. The number of thioether (sulfide) groups is 2. The SMILES string of the molecule is [O-][S+](C(c1cc(OCCCCCSC(F)(F)F)c(F)cc1Cl)C(F)(F)F)C(c1cc(OCCCCCSC(F)(F)F)c(F)cc1Cl)C(F)(F)F. The summed E-state index contributed by atoms with van der Waals surface area (Å²) in [6, 6.07) is 1.22. The zero-order valence-electron chi connectivity index (χ0n) is 25.0. The summed E-state index contributed by atoms with van der Waals surface area (Å²) in [5, 5.41) is -9.22. The smallest absolute Gasteiger partial charge is 0.441 e. The largest absolute Gasteiger partial charge is 0.615 e. The van der Waals surface area contributed by atoms with Crippen molar-refractivity contribution in [1.29, 1.82) is 0 Å². The van der Waals surface area contributed by atoms with Crippen LogP contribution in [0.25, 0.3) is 0 Å². The van der Waals surface area contributed by atoms with Crippen LogP contribution >= 0.6 is 46.7 Å². The minimum Gasteiger partial charge on any atom is -0.615 e. The summed E-state index contributed by atoms with van der Waals surface area (Å²) in [7, 11) is 0. The maximum Gasteiger partial charge on any atom is 0.441 e. The van der Waals surface area contributed by atoms with E-state index in [4.69, 9.17) is 32.7 Å². The van der Waals surface area contributed by atoms with Crippen LogP contribution in [0.5, 0.6) is 11.5 Å². The first kappa shape index (κ1) is 44.8. The topological polar surface area (TPSA) is 41.5 Å². The maximum atomic E-state index is 14.5. The second-order valence-corrected chi connectivity index (χ2v) is 14.9. The second-order valence-electron chi connectivity index (χ2n) is 10.2. The molecule has 0 aliphatic heterocycles. The Balaban J connectivity index is 2.33. The quantitative estimate of drug-likeness (QED) is 0.0849. The highest BCUT2D eigenvalue weighted by Crippen LogP contribution is 2.53. The van der Waals surface area contributed by atoms with E-state index >= 15 is 0 Å². The summed E-state index contributed by atoms with van der Waals surface area (Å²) >= 11 is 6.97. The van der Waals surface area contributed by atoms with Gasteiger partial charge in [-0.2, -0.15) is 52.7 Å². The van der Waals surface area contributed by atoms with E-state index in [2.05, 4.69) is 0 Å². The number of hydrogen-bond acceptors (Lipinski definition) is 5. The van der Waals surface area contributed by atoms with Crippen LogP contribution in [0.2, 0.25) is 10.0 Å². The predicted octanol–water partition coefficient (Wildman–Crippen LogP) is 12.5. The molecule has 0 heterocycles. The molecule has 0 fully saturated rings. The van der Waals surface area contributed by atoms with Gasteiger partial charge in [0, 0.05) is 22.6 Å². The summed E-state index contributed by atoms with van der Waals surface area (Å²) in [6.07, 6.45) is -11.0. The van der Waals surface area contributed by atoms with Crippen molar-refractivity contribution >= 4 is 57.9 Å². The maximum absolute atomic E-state index is 14.5. The zero-order valence-corrected chi connectivity index (χ0v) is 29.0. The number of alkyl halides is 12. The third-order valence-corrected chi connectivity index (χ3v) is 10.6. The lowest BCUT2D eigenvalue weighted by molar-refractivity contribution is -0.140. The summed E-state index contributed by atoms with van der Waals surface area (Å²) in [5.74, 6) is -5.13. The Hall–Kier alpha value is -1.35. The lowest BCUT2D eigenvalue weighted by Gasteiger charge is -2.32. The molecule has 0 aromatic heterocycles. The van der Waals surface area contributed by atoms with E-state index < -0.39 is 103 Å². The number of unbranched alkanes of at least 4 members (excludes halogenated alkanes) is 4. The van der Waals surface area contributed by atoms with Crippen molar-refractivity contribution in [2.45, 2.75) is 72.4 Å². The van der Waals surface area contributed by atoms with Crippen molar-refractivity contribution in [3.63, 3.8) is 0 Å². The minimum atomic E-state index is -5.72. The van der Waals surface area contributed by atoms with E-state index in [-0.39, 0.29) is 73.6 Å². The van der Waals surface area contributed by atoms with Gasteiger partial charge in [-0.3, -0.25) is 0 Å². The van der Waals surface area contributed by atoms with Gasteiger partial charge in [-0.25, -0.2) is 8.78 Å². The molecule has 0 aliphatic carbocycles. The van der Waals surface area contributed by atoms with Crippen LogP contribution in [0.15, 0.2) is 24.3 Å². The summed E-state index contributed by atoms with van der Waals surface area (Å²) < 4.78 is 213. The van der Waals surface area contributed by atoms with Gasteiger partial charge in [-0.05, 0) is 74.0 Å². The van der Waals surface area contributed by atoms with E-state index in [0.29, 0.717) is 24.3 Å². The molecule has 2 aromatic rings. The molecule has 2 unspecified atom stereocenters. The number of ether oxygens (including phenoxy) is 2. The normalized spacial score (nSPS) is 14.8. The highest BCUT2D eigenvalue weighted by atomic mass is 35.5. The van der Waals surface area contributed by atoms with Gasteiger partial charge in [-0.15, -0.1) is 0 Å². The fourth-order valence-electron chi connectivity index (χ4n) is 4.22. The van der Waals surface area contributed by atoms with Crippen molar-refractivity contribution in [2.75, 3.05) is 24.7 Å². The van der Waals surface area contributed by atoms with Gasteiger partial charge in [-0.1, -0.05) is 46.7 Å². The average molecular weight is 844 g/mol. The van der Waals surface area contributed by atoms with Crippen LogP contribution in [-0.4, -0.2) is 52.6 Å². The van der Waals surface area contributed by atoms with Crippen molar-refractivity contribution in [2.24, 2.45) is 0 Å². The van der Waals surface area contributed by atoms with Gasteiger partial charge in [0.05, 0.1) is 23.3 Å². The van der Waals surface area contributed by atoms with Crippen LogP contribution < -0.4 is 9.47 Å². The minimum absolute atomic E-state index is 0.0190. The first-order valence-electron chi connectivity index (χ1n) is 14.1. The van der Waals surface area contributed by atoms with Crippen LogP contribution in [0.4, 0.5) is 61.5 Å². The molecule has 0 spiro atoms. The zero-order chi connectivity index (χ0) is 38.1. The molecule has 3 nitrogen and oxygen atoms in total. The Bertz CT molecular complexity index is 1270. The molecular formula is C28H26Cl2F14O3S3. The summed E-state index contributed by atoms with van der Waals surface area (Å²) in [4.78, 5) is 0. The molecule has 0 saturated carbocycles. The van der Waals surface area contributed by atoms with Gasteiger partial charge in [0.2, 0.25) is 10.5 Å². The fraction of sp³-hybridized carbons (Fsp3) is 0.571. The predicted molar refractivity (Wildman–Crippen MR) is 164 cm³/mol. The van der Waals surface area contributed by atoms with Crippen LogP contribution in [0.1, 0.15) is 60.2 Å². The van der Waals surface area contributed by atoms with Crippen molar-refractivity contribution in [1.82, 2.24) is 0 Å². The van der Waals surface area contributed by atoms with E-state index in [1.54, 1.807) is 0 Å². The molecule has 0 N–H and O–H groups in total. The van der Waals surface area contributed by atoms with E-state index in [1.165, 1.54) is 0 Å². The molecule has 286 valence electrons. The Morgan fingerprint density at radius 2 is 0.920 bits per heavy atom. The molecule has 0 aliphatic rings. The summed E-state index contributed by atoms with van der Waals surface area (Å²) in [5.41, 5.74) is -11.5. The Kier molecular flexibility index (Phi) is 17.1. The fourth-order valence-corrected chi connectivity index (χ4v) is 7.71. The van der Waals surface area contributed by atoms with E-state index in [0.717, 1.165) is 0 Å². The Morgan fingerprint density at radius 3 is 1.22 bits per heavy atom. The Labute approximate surface area is 298 Å². The van der Waals surface area contributed by atoms with Gasteiger partial charge in [0.1, 0.15) is 0 Å². The molecular weight excluding hydrogens is 817 g/mol. The van der Waals surface area contributed by atoms with Crippen LogP contribution in [-0.2, 0) is 11.2 Å². The molecule has 0 amide bonds. The molecule has 2 rings (SSSR count). The molecule has 22 heteroatoms. The molecule has 2 aromatic carbocycles. The lowest BCUT2D eigenvalue weighted by Crippen LogP contribution is -2.38. The van der Waals surface area contributed by atoms with Crippen molar-refractivity contribution in [3.8, 4) is 11.5 Å².